The lowest BCUT2D eigenvalue weighted by atomic mass is 10.0. The van der Waals surface area contributed by atoms with Gasteiger partial charge >= 0.3 is 11.5 Å². The van der Waals surface area contributed by atoms with Crippen LogP contribution in [0.15, 0.2) is 52.9 Å². The molecule has 0 atom stereocenters. The van der Waals surface area contributed by atoms with Crippen LogP contribution < -0.4 is 9.47 Å². The van der Waals surface area contributed by atoms with Crippen LogP contribution in [0.1, 0.15) is 45.3 Å². The Bertz CT molecular complexity index is 940. The minimum atomic E-state index is 0.752. The molecule has 1 heterocycles. The summed E-state index contributed by atoms with van der Waals surface area (Å²) in [6.45, 7) is 7.85. The smallest absolute Gasteiger partial charge is 0.360 e. The second-order valence-corrected chi connectivity index (χ2v) is 9.84. The van der Waals surface area contributed by atoms with Crippen LogP contribution >= 0.6 is 45.2 Å². The fourth-order valence-corrected chi connectivity index (χ4v) is 4.51. The van der Waals surface area contributed by atoms with Crippen molar-refractivity contribution in [2.75, 3.05) is 13.2 Å². The van der Waals surface area contributed by atoms with E-state index in [0.717, 1.165) is 85.7 Å². The third-order valence-electron chi connectivity index (χ3n) is 4.91. The molecule has 31 heavy (non-hydrogen) atoms. The maximum absolute atomic E-state index is 6.07. The molecule has 3 rings (SSSR count). The fourth-order valence-electron chi connectivity index (χ4n) is 3.16. The predicted molar refractivity (Wildman–Crippen MR) is 145 cm³/mol. The van der Waals surface area contributed by atoms with Crippen molar-refractivity contribution < 1.29 is 13.9 Å². The third kappa shape index (κ3) is 6.81. The van der Waals surface area contributed by atoms with Gasteiger partial charge in [-0.3, -0.25) is 0 Å². The Morgan fingerprint density at radius 2 is 1.26 bits per heavy atom. The van der Waals surface area contributed by atoms with E-state index in [0.29, 0.717) is 0 Å². The van der Waals surface area contributed by atoms with Gasteiger partial charge in [-0.2, -0.15) is 0 Å². The van der Waals surface area contributed by atoms with Gasteiger partial charge in [-0.05, 0) is 93.9 Å². The summed E-state index contributed by atoms with van der Waals surface area (Å²) < 4.78 is 20.1. The Morgan fingerprint density at radius 1 is 0.710 bits per heavy atom. The molecule has 3 nitrogen and oxygen atoms in total. The fraction of sp³-hybridized carbons (Fsp3) is 0.346. The van der Waals surface area contributed by atoms with Crippen LogP contribution in [0, 0.1) is 14.1 Å². The first-order chi connectivity index (χ1) is 15.0. The lowest BCUT2D eigenvalue weighted by molar-refractivity contribution is 0.307. The summed E-state index contributed by atoms with van der Waals surface area (Å²) in [5, 5.41) is 0. The second kappa shape index (κ2) is 12.0. The molecule has 0 unspecified atom stereocenters. The van der Waals surface area contributed by atoms with E-state index in [2.05, 4.69) is 101 Å². The van der Waals surface area contributed by atoms with Gasteiger partial charge in [0.25, 0.3) is 0 Å². The summed E-state index contributed by atoms with van der Waals surface area (Å²) in [5.74, 6) is 3.61. The van der Waals surface area contributed by atoms with E-state index in [1.165, 1.54) is 0 Å². The Labute approximate surface area is 212 Å². The third-order valence-corrected chi connectivity index (χ3v) is 6.59. The summed E-state index contributed by atoms with van der Waals surface area (Å²) in [6, 6.07) is 16.8. The zero-order chi connectivity index (χ0) is 22.2. The van der Waals surface area contributed by atoms with Crippen molar-refractivity contribution >= 4 is 45.2 Å². The normalized spacial score (nSPS) is 10.9. The number of ether oxygens (including phenoxy) is 2. The molecule has 0 radical (unpaired) electrons. The molecule has 0 fully saturated rings. The number of halogens is 2. The number of unbranched alkanes of at least 4 members (excludes halogenated alkanes) is 2. The first-order valence-electron chi connectivity index (χ1n) is 10.8. The lowest BCUT2D eigenvalue weighted by Crippen LogP contribution is -1.98. The van der Waals surface area contributed by atoms with E-state index in [9.17, 15) is 0 Å². The molecule has 0 aliphatic rings. The first kappa shape index (κ1) is 24.3. The highest BCUT2D eigenvalue weighted by molar-refractivity contribution is 14.1. The summed E-state index contributed by atoms with van der Waals surface area (Å²) in [6.07, 6.45) is 4.40. The van der Waals surface area contributed by atoms with E-state index in [-0.39, 0.29) is 0 Å². The van der Waals surface area contributed by atoms with Crippen LogP contribution in [0.5, 0.6) is 11.5 Å². The minimum absolute atomic E-state index is 0.752. The van der Waals surface area contributed by atoms with Crippen LogP contribution in [0.3, 0.4) is 0 Å². The molecule has 164 valence electrons. The topological polar surface area (TPSA) is 29.8 Å². The van der Waals surface area contributed by atoms with E-state index in [4.69, 9.17) is 13.9 Å². The van der Waals surface area contributed by atoms with Crippen molar-refractivity contribution in [1.82, 2.24) is 0 Å². The second-order valence-electron chi connectivity index (χ2n) is 7.52. The number of aryl methyl sites for hydroxylation is 1. The largest absolute Gasteiger partial charge is 0.492 e. The van der Waals surface area contributed by atoms with Crippen molar-refractivity contribution in [3.05, 3.63) is 61.4 Å². The summed E-state index contributed by atoms with van der Waals surface area (Å²) >= 11 is 4.68. The highest BCUT2D eigenvalue weighted by Crippen LogP contribution is 2.33. The molecule has 5 heteroatoms. The SMILES string of the molecule is CCCCOc1ccc(-c2cc(C)[o+]c(-c3ccc(OCCCC)c(I)c3)c2)cc1I. The number of hydrogen-bond acceptors (Lipinski definition) is 2. The number of rotatable bonds is 10. The van der Waals surface area contributed by atoms with Crippen LogP contribution in [0.4, 0.5) is 0 Å². The Hall–Kier alpha value is -1.35. The Balaban J connectivity index is 1.85. The molecule has 0 amide bonds. The van der Waals surface area contributed by atoms with Gasteiger partial charge in [-0.1, -0.05) is 32.8 Å². The van der Waals surface area contributed by atoms with E-state index in [1.807, 2.05) is 13.0 Å². The summed E-state index contributed by atoms with van der Waals surface area (Å²) in [5.41, 5.74) is 3.34. The predicted octanol–water partition coefficient (Wildman–Crippen LogP) is 8.77. The van der Waals surface area contributed by atoms with Crippen LogP contribution in [0.2, 0.25) is 0 Å². The molecule has 0 bridgehead atoms. The maximum Gasteiger partial charge on any atom is 0.360 e. The number of benzene rings is 2. The van der Waals surface area contributed by atoms with Gasteiger partial charge < -0.3 is 9.47 Å². The van der Waals surface area contributed by atoms with Gasteiger partial charge in [-0.15, -0.1) is 0 Å². The highest BCUT2D eigenvalue weighted by Gasteiger charge is 2.18. The standard InChI is InChI=1S/C26H29I2O3/c1-4-6-12-29-24-10-8-19(15-22(24)27)21-14-18(3)31-26(17-21)20-9-11-25(23(28)16-20)30-13-7-5-2/h8-11,14-17H,4-7,12-13H2,1-3H3/q+1. The zero-order valence-corrected chi connectivity index (χ0v) is 22.7. The molecule has 0 spiro atoms. The lowest BCUT2D eigenvalue weighted by Gasteiger charge is -2.10. The van der Waals surface area contributed by atoms with Gasteiger partial charge in [0.1, 0.15) is 11.5 Å². The number of hydrogen-bond donors (Lipinski definition) is 0. The van der Waals surface area contributed by atoms with Crippen LogP contribution in [0.25, 0.3) is 22.5 Å². The molecule has 0 saturated heterocycles. The van der Waals surface area contributed by atoms with Crippen molar-refractivity contribution in [1.29, 1.82) is 0 Å². The van der Waals surface area contributed by atoms with Gasteiger partial charge in [0.05, 0.1) is 38.9 Å². The van der Waals surface area contributed by atoms with Gasteiger partial charge in [-0.25, -0.2) is 4.42 Å². The van der Waals surface area contributed by atoms with Crippen LogP contribution in [-0.2, 0) is 0 Å². The monoisotopic (exact) mass is 643 g/mol. The first-order valence-corrected chi connectivity index (χ1v) is 13.0. The molecule has 0 aliphatic carbocycles. The summed E-state index contributed by atoms with van der Waals surface area (Å²) in [7, 11) is 0. The highest BCUT2D eigenvalue weighted by atomic mass is 127. The average molecular weight is 643 g/mol. The molecule has 0 N–H and O–H groups in total. The zero-order valence-electron chi connectivity index (χ0n) is 18.3. The van der Waals surface area contributed by atoms with Crippen molar-refractivity contribution in [3.63, 3.8) is 0 Å². The van der Waals surface area contributed by atoms with E-state index < -0.39 is 0 Å². The molecule has 0 saturated carbocycles. The maximum atomic E-state index is 6.07. The molecular weight excluding hydrogens is 614 g/mol. The molecular formula is C26H29I2O3+. The summed E-state index contributed by atoms with van der Waals surface area (Å²) in [4.78, 5) is 0. The van der Waals surface area contributed by atoms with Crippen molar-refractivity contribution in [2.24, 2.45) is 0 Å². The molecule has 2 aromatic carbocycles. The van der Waals surface area contributed by atoms with E-state index in [1.54, 1.807) is 0 Å². The Morgan fingerprint density at radius 3 is 1.81 bits per heavy atom. The van der Waals surface area contributed by atoms with Gasteiger partial charge in [0, 0.05) is 11.6 Å². The van der Waals surface area contributed by atoms with E-state index >= 15 is 0 Å². The van der Waals surface area contributed by atoms with Crippen molar-refractivity contribution in [3.8, 4) is 33.9 Å². The quantitative estimate of drug-likeness (QED) is 0.126. The van der Waals surface area contributed by atoms with Gasteiger partial charge in [0.2, 0.25) is 0 Å². The van der Waals surface area contributed by atoms with Gasteiger partial charge in [0.15, 0.2) is 0 Å². The average Bonchev–Trinajstić information content (AvgIpc) is 2.75. The molecule has 0 aliphatic heterocycles. The van der Waals surface area contributed by atoms with Crippen molar-refractivity contribution in [2.45, 2.75) is 46.5 Å². The molecule has 3 aromatic rings. The van der Waals surface area contributed by atoms with Crippen LogP contribution in [-0.4, -0.2) is 13.2 Å². The Kier molecular flexibility index (Phi) is 9.44. The molecule has 1 aromatic heterocycles. The minimum Gasteiger partial charge on any atom is -0.492 e.